The molecule has 0 radical (unpaired) electrons. The molecule has 0 aliphatic rings. The lowest BCUT2D eigenvalue weighted by Crippen LogP contribution is -2.09. The lowest BCUT2D eigenvalue weighted by molar-refractivity contribution is 0.0527. The number of nitrogens with zero attached hydrogens (tertiary/aromatic N) is 1. The summed E-state index contributed by atoms with van der Waals surface area (Å²) in [6.07, 6.45) is 3.36. The standard InChI is InChI=1S/C15H16ClN3O2/c1-3-21-15(20)11-6-10(17)7-12(16)14(11)19-13-8-18-5-4-9(13)2/h4-8,19H,3,17H2,1-2H3. The SMILES string of the molecule is CCOC(=O)c1cc(N)cc(Cl)c1Nc1cnccc1C. The van der Waals surface area contributed by atoms with Gasteiger partial charge in [0.2, 0.25) is 0 Å². The van der Waals surface area contributed by atoms with E-state index in [0.29, 0.717) is 22.0 Å². The second-order valence-electron chi connectivity index (χ2n) is 4.46. The van der Waals surface area contributed by atoms with Crippen LogP contribution in [0.5, 0.6) is 0 Å². The number of esters is 1. The van der Waals surface area contributed by atoms with E-state index in [1.54, 1.807) is 25.4 Å². The van der Waals surface area contributed by atoms with Crippen LogP contribution in [0.1, 0.15) is 22.8 Å². The fraction of sp³-hybridized carbons (Fsp3) is 0.200. The van der Waals surface area contributed by atoms with Gasteiger partial charge in [-0.1, -0.05) is 11.6 Å². The molecule has 0 saturated carbocycles. The quantitative estimate of drug-likeness (QED) is 0.667. The molecular formula is C15H16ClN3O2. The number of benzene rings is 1. The summed E-state index contributed by atoms with van der Waals surface area (Å²) < 4.78 is 5.04. The molecule has 0 aliphatic heterocycles. The third-order valence-corrected chi connectivity index (χ3v) is 3.20. The number of nitrogens with two attached hydrogens (primary N) is 1. The summed E-state index contributed by atoms with van der Waals surface area (Å²) in [4.78, 5) is 16.1. The zero-order valence-electron chi connectivity index (χ0n) is 11.8. The number of halogens is 1. The maximum Gasteiger partial charge on any atom is 0.340 e. The van der Waals surface area contributed by atoms with Gasteiger partial charge in [0, 0.05) is 11.9 Å². The molecule has 6 heteroatoms. The maximum absolute atomic E-state index is 12.1. The molecule has 1 aromatic heterocycles. The molecule has 110 valence electrons. The highest BCUT2D eigenvalue weighted by Gasteiger charge is 2.17. The molecule has 2 aromatic rings. The topological polar surface area (TPSA) is 77.2 Å². The summed E-state index contributed by atoms with van der Waals surface area (Å²) in [7, 11) is 0. The molecular weight excluding hydrogens is 290 g/mol. The zero-order chi connectivity index (χ0) is 15.4. The number of hydrogen-bond acceptors (Lipinski definition) is 5. The molecule has 0 atom stereocenters. The second-order valence-corrected chi connectivity index (χ2v) is 4.87. The van der Waals surface area contributed by atoms with Crippen LogP contribution in [0.3, 0.4) is 0 Å². The van der Waals surface area contributed by atoms with Crippen molar-refractivity contribution in [2.24, 2.45) is 0 Å². The minimum absolute atomic E-state index is 0.274. The summed E-state index contributed by atoms with van der Waals surface area (Å²) in [5, 5.41) is 3.47. The predicted molar refractivity (Wildman–Crippen MR) is 84.1 cm³/mol. The van der Waals surface area contributed by atoms with Gasteiger partial charge in [0.25, 0.3) is 0 Å². The number of carbonyl (C=O) groups excluding carboxylic acids is 1. The van der Waals surface area contributed by atoms with Gasteiger partial charge in [-0.25, -0.2) is 4.79 Å². The number of nitrogens with one attached hydrogen (secondary N) is 1. The molecule has 0 saturated heterocycles. The first-order chi connectivity index (χ1) is 10.0. The predicted octanol–water partition coefficient (Wildman–Crippen LogP) is 3.55. The molecule has 0 aliphatic carbocycles. The number of hydrogen-bond donors (Lipinski definition) is 2. The Kier molecular flexibility index (Phi) is 4.65. The number of aryl methyl sites for hydroxylation is 1. The molecule has 0 spiro atoms. The minimum Gasteiger partial charge on any atom is -0.462 e. The third kappa shape index (κ3) is 3.44. The van der Waals surface area contributed by atoms with Crippen LogP contribution in [0.2, 0.25) is 5.02 Å². The average molecular weight is 306 g/mol. The highest BCUT2D eigenvalue weighted by Crippen LogP contribution is 2.33. The molecule has 0 bridgehead atoms. The van der Waals surface area contributed by atoms with Crippen LogP contribution in [0.25, 0.3) is 0 Å². The Bertz CT molecular complexity index is 674. The van der Waals surface area contributed by atoms with Gasteiger partial charge in [-0.3, -0.25) is 4.98 Å². The summed E-state index contributed by atoms with van der Waals surface area (Å²) in [6.45, 7) is 3.94. The largest absolute Gasteiger partial charge is 0.462 e. The highest BCUT2D eigenvalue weighted by atomic mass is 35.5. The van der Waals surface area contributed by atoms with E-state index in [2.05, 4.69) is 10.3 Å². The zero-order valence-corrected chi connectivity index (χ0v) is 12.6. The van der Waals surface area contributed by atoms with Gasteiger partial charge < -0.3 is 15.8 Å². The summed E-state index contributed by atoms with van der Waals surface area (Å²) in [5.41, 5.74) is 8.65. The van der Waals surface area contributed by atoms with E-state index in [4.69, 9.17) is 22.1 Å². The van der Waals surface area contributed by atoms with E-state index >= 15 is 0 Å². The van der Waals surface area contributed by atoms with Gasteiger partial charge in [0.15, 0.2) is 0 Å². The monoisotopic (exact) mass is 305 g/mol. The average Bonchev–Trinajstić information content (AvgIpc) is 2.43. The number of aromatic nitrogens is 1. The van der Waals surface area contributed by atoms with Crippen LogP contribution in [0.15, 0.2) is 30.6 Å². The number of pyridine rings is 1. The first-order valence-corrected chi connectivity index (χ1v) is 6.84. The van der Waals surface area contributed by atoms with Crippen LogP contribution in [-0.2, 0) is 4.74 Å². The van der Waals surface area contributed by atoms with E-state index in [-0.39, 0.29) is 6.61 Å². The molecule has 21 heavy (non-hydrogen) atoms. The summed E-state index contributed by atoms with van der Waals surface area (Å²) in [5.74, 6) is -0.476. The van der Waals surface area contributed by atoms with Crippen molar-refractivity contribution in [1.29, 1.82) is 0 Å². The van der Waals surface area contributed by atoms with Gasteiger partial charge in [-0.2, -0.15) is 0 Å². The van der Waals surface area contributed by atoms with E-state index in [1.165, 1.54) is 6.07 Å². The van der Waals surface area contributed by atoms with E-state index < -0.39 is 5.97 Å². The van der Waals surface area contributed by atoms with Crippen molar-refractivity contribution in [3.63, 3.8) is 0 Å². The Morgan fingerprint density at radius 2 is 2.24 bits per heavy atom. The van der Waals surface area contributed by atoms with Crippen molar-refractivity contribution in [2.75, 3.05) is 17.7 Å². The second kappa shape index (κ2) is 6.45. The number of carbonyl (C=O) groups is 1. The number of ether oxygens (including phenoxy) is 1. The maximum atomic E-state index is 12.1. The van der Waals surface area contributed by atoms with Crippen molar-refractivity contribution >= 4 is 34.6 Å². The summed E-state index contributed by atoms with van der Waals surface area (Å²) in [6, 6.07) is 4.98. The first-order valence-electron chi connectivity index (χ1n) is 6.46. The van der Waals surface area contributed by atoms with E-state index in [1.807, 2.05) is 13.0 Å². The van der Waals surface area contributed by atoms with Gasteiger partial charge in [-0.05, 0) is 37.6 Å². The third-order valence-electron chi connectivity index (χ3n) is 2.91. The number of rotatable bonds is 4. The molecule has 5 nitrogen and oxygen atoms in total. The number of anilines is 3. The van der Waals surface area contributed by atoms with Crippen LogP contribution >= 0.6 is 11.6 Å². The molecule has 0 unspecified atom stereocenters. The Balaban J connectivity index is 2.47. The lowest BCUT2D eigenvalue weighted by Gasteiger charge is -2.15. The van der Waals surface area contributed by atoms with Crippen LogP contribution in [0.4, 0.5) is 17.1 Å². The summed E-state index contributed by atoms with van der Waals surface area (Å²) >= 11 is 6.21. The Hall–Kier alpha value is -2.27. The Morgan fingerprint density at radius 3 is 2.90 bits per heavy atom. The number of nitrogen functional groups attached to an aromatic ring is 1. The van der Waals surface area contributed by atoms with Crippen molar-refractivity contribution in [1.82, 2.24) is 4.98 Å². The normalized spacial score (nSPS) is 10.2. The Labute approximate surface area is 128 Å². The lowest BCUT2D eigenvalue weighted by atomic mass is 10.1. The molecule has 2 rings (SSSR count). The molecule has 1 heterocycles. The van der Waals surface area contributed by atoms with Gasteiger partial charge >= 0.3 is 5.97 Å². The molecule has 0 amide bonds. The fourth-order valence-electron chi connectivity index (χ4n) is 1.85. The smallest absolute Gasteiger partial charge is 0.340 e. The van der Waals surface area contributed by atoms with E-state index in [9.17, 15) is 4.79 Å². The Morgan fingerprint density at radius 1 is 1.48 bits per heavy atom. The molecule has 1 aromatic carbocycles. The van der Waals surface area contributed by atoms with Crippen molar-refractivity contribution in [3.05, 3.63) is 46.7 Å². The first kappa shape index (κ1) is 15.1. The van der Waals surface area contributed by atoms with Crippen LogP contribution < -0.4 is 11.1 Å². The molecule has 0 fully saturated rings. The van der Waals surface area contributed by atoms with Gasteiger partial charge in [0.05, 0.1) is 34.8 Å². The highest BCUT2D eigenvalue weighted by molar-refractivity contribution is 6.34. The van der Waals surface area contributed by atoms with Crippen molar-refractivity contribution in [3.8, 4) is 0 Å². The van der Waals surface area contributed by atoms with E-state index in [0.717, 1.165) is 11.3 Å². The van der Waals surface area contributed by atoms with Gasteiger partial charge in [-0.15, -0.1) is 0 Å². The van der Waals surface area contributed by atoms with Crippen LogP contribution in [-0.4, -0.2) is 17.6 Å². The van der Waals surface area contributed by atoms with Crippen molar-refractivity contribution in [2.45, 2.75) is 13.8 Å². The van der Waals surface area contributed by atoms with Gasteiger partial charge in [0.1, 0.15) is 0 Å². The minimum atomic E-state index is -0.476. The van der Waals surface area contributed by atoms with Crippen LogP contribution in [0, 0.1) is 6.92 Å². The molecule has 3 N–H and O–H groups in total. The fourth-order valence-corrected chi connectivity index (χ4v) is 2.13. The van der Waals surface area contributed by atoms with Crippen molar-refractivity contribution < 1.29 is 9.53 Å².